The molecule has 0 aliphatic heterocycles. The van der Waals surface area contributed by atoms with Crippen molar-refractivity contribution in [2.24, 2.45) is 0 Å². The molecular weight excluding hydrogens is 228 g/mol. The first-order valence-corrected chi connectivity index (χ1v) is 6.02. The largest absolute Gasteiger partial charge is 0.376 e. The van der Waals surface area contributed by atoms with E-state index in [9.17, 15) is 0 Å². The summed E-state index contributed by atoms with van der Waals surface area (Å²) in [5.41, 5.74) is 0. The van der Waals surface area contributed by atoms with Gasteiger partial charge in [-0.25, -0.2) is 0 Å². The molecule has 0 saturated heterocycles. The highest BCUT2D eigenvalue weighted by Crippen LogP contribution is 2.23. The van der Waals surface area contributed by atoms with Crippen LogP contribution in [0.25, 0.3) is 0 Å². The SMILES string of the molecule is COC1CCCCCCC/C=C/1Br. The smallest absolute Gasteiger partial charge is 0.0882 e. The lowest BCUT2D eigenvalue weighted by atomic mass is 10.0. The van der Waals surface area contributed by atoms with E-state index in [1.165, 1.54) is 43.0 Å². The van der Waals surface area contributed by atoms with Gasteiger partial charge < -0.3 is 4.74 Å². The van der Waals surface area contributed by atoms with Crippen LogP contribution in [-0.2, 0) is 4.74 Å². The van der Waals surface area contributed by atoms with Gasteiger partial charge in [-0.2, -0.15) is 0 Å². The number of ether oxygens (including phenoxy) is 1. The first-order chi connectivity index (χ1) is 6.34. The Morgan fingerprint density at radius 2 is 1.92 bits per heavy atom. The molecule has 0 N–H and O–H groups in total. The molecule has 0 spiro atoms. The fourth-order valence-corrected chi connectivity index (χ4v) is 2.39. The Balaban J connectivity index is 2.47. The molecular formula is C11H19BrO. The van der Waals surface area contributed by atoms with E-state index in [0.717, 1.165) is 6.42 Å². The van der Waals surface area contributed by atoms with Gasteiger partial charge in [0.05, 0.1) is 6.10 Å². The summed E-state index contributed by atoms with van der Waals surface area (Å²) in [7, 11) is 1.80. The number of hydrogen-bond acceptors (Lipinski definition) is 1. The van der Waals surface area contributed by atoms with Crippen molar-refractivity contribution in [1.29, 1.82) is 0 Å². The molecule has 1 atom stereocenters. The number of rotatable bonds is 1. The van der Waals surface area contributed by atoms with Crippen LogP contribution in [0.3, 0.4) is 0 Å². The minimum Gasteiger partial charge on any atom is -0.376 e. The van der Waals surface area contributed by atoms with Crippen LogP contribution in [0.5, 0.6) is 0 Å². The lowest BCUT2D eigenvalue weighted by Gasteiger charge is -2.16. The standard InChI is InChI=1S/C11H19BrO/c1-13-11-9-7-5-3-2-4-6-8-10(11)12/h8,11H,2-7,9H2,1H3/b10-8-. The Bertz CT molecular complexity index is 165. The van der Waals surface area contributed by atoms with E-state index < -0.39 is 0 Å². The molecule has 1 aliphatic rings. The lowest BCUT2D eigenvalue weighted by Crippen LogP contribution is -2.10. The van der Waals surface area contributed by atoms with Crippen LogP contribution in [0, 0.1) is 0 Å². The van der Waals surface area contributed by atoms with Crippen LogP contribution in [0.15, 0.2) is 10.6 Å². The molecule has 0 aromatic heterocycles. The summed E-state index contributed by atoms with van der Waals surface area (Å²) in [5, 5.41) is 0. The predicted molar refractivity (Wildman–Crippen MR) is 60.1 cm³/mol. The summed E-state index contributed by atoms with van der Waals surface area (Å²) in [6, 6.07) is 0. The average molecular weight is 247 g/mol. The van der Waals surface area contributed by atoms with Crippen molar-refractivity contribution in [1.82, 2.24) is 0 Å². The summed E-state index contributed by atoms with van der Waals surface area (Å²) in [4.78, 5) is 0. The van der Waals surface area contributed by atoms with Crippen LogP contribution in [0.4, 0.5) is 0 Å². The molecule has 2 heteroatoms. The summed E-state index contributed by atoms with van der Waals surface area (Å²) in [6.45, 7) is 0. The number of methoxy groups -OCH3 is 1. The molecule has 1 rings (SSSR count). The van der Waals surface area contributed by atoms with Crippen LogP contribution in [-0.4, -0.2) is 13.2 Å². The van der Waals surface area contributed by atoms with Gasteiger partial charge in [0.25, 0.3) is 0 Å². The molecule has 13 heavy (non-hydrogen) atoms. The maximum atomic E-state index is 5.42. The topological polar surface area (TPSA) is 9.23 Å². The van der Waals surface area contributed by atoms with Crippen molar-refractivity contribution in [2.45, 2.75) is 51.0 Å². The molecule has 0 fully saturated rings. The van der Waals surface area contributed by atoms with Crippen molar-refractivity contribution < 1.29 is 4.74 Å². The zero-order valence-corrected chi connectivity index (χ0v) is 9.98. The normalized spacial score (nSPS) is 30.6. The van der Waals surface area contributed by atoms with Gasteiger partial charge in [0, 0.05) is 11.6 Å². The maximum absolute atomic E-state index is 5.42. The summed E-state index contributed by atoms with van der Waals surface area (Å²) < 4.78 is 6.67. The third-order valence-electron chi connectivity index (χ3n) is 2.60. The highest BCUT2D eigenvalue weighted by Gasteiger charge is 2.11. The van der Waals surface area contributed by atoms with Crippen molar-refractivity contribution >= 4 is 15.9 Å². The molecule has 0 heterocycles. The minimum absolute atomic E-state index is 0.304. The quantitative estimate of drug-likeness (QED) is 0.679. The molecule has 1 aliphatic carbocycles. The number of allylic oxidation sites excluding steroid dienone is 1. The van der Waals surface area contributed by atoms with Gasteiger partial charge in [-0.1, -0.05) is 47.7 Å². The van der Waals surface area contributed by atoms with E-state index in [2.05, 4.69) is 22.0 Å². The van der Waals surface area contributed by atoms with E-state index in [0.29, 0.717) is 6.10 Å². The zero-order chi connectivity index (χ0) is 9.52. The molecule has 76 valence electrons. The van der Waals surface area contributed by atoms with Crippen LogP contribution in [0.1, 0.15) is 44.9 Å². The first kappa shape index (κ1) is 11.3. The highest BCUT2D eigenvalue weighted by molar-refractivity contribution is 9.11. The van der Waals surface area contributed by atoms with Crippen LogP contribution < -0.4 is 0 Å². The van der Waals surface area contributed by atoms with Crippen molar-refractivity contribution in [3.63, 3.8) is 0 Å². The Kier molecular flexibility index (Phi) is 5.72. The van der Waals surface area contributed by atoms with Gasteiger partial charge in [-0.3, -0.25) is 0 Å². The predicted octanol–water partition coefficient (Wildman–Crippen LogP) is 4.02. The second kappa shape index (κ2) is 6.61. The summed E-state index contributed by atoms with van der Waals surface area (Å²) in [5.74, 6) is 0. The van der Waals surface area contributed by atoms with Gasteiger partial charge in [-0.05, 0) is 19.3 Å². The van der Waals surface area contributed by atoms with Gasteiger partial charge in [0.1, 0.15) is 0 Å². The molecule has 0 bridgehead atoms. The van der Waals surface area contributed by atoms with Crippen LogP contribution >= 0.6 is 15.9 Å². The Morgan fingerprint density at radius 1 is 1.23 bits per heavy atom. The third-order valence-corrected chi connectivity index (χ3v) is 3.44. The van der Waals surface area contributed by atoms with E-state index in [1.54, 1.807) is 7.11 Å². The van der Waals surface area contributed by atoms with Crippen molar-refractivity contribution in [2.75, 3.05) is 7.11 Å². The Morgan fingerprint density at radius 3 is 2.69 bits per heavy atom. The fraction of sp³-hybridized carbons (Fsp3) is 0.818. The second-order valence-electron chi connectivity index (χ2n) is 3.66. The molecule has 0 amide bonds. The van der Waals surface area contributed by atoms with E-state index >= 15 is 0 Å². The van der Waals surface area contributed by atoms with Gasteiger partial charge in [-0.15, -0.1) is 0 Å². The van der Waals surface area contributed by atoms with E-state index in [-0.39, 0.29) is 0 Å². The van der Waals surface area contributed by atoms with Crippen LogP contribution in [0.2, 0.25) is 0 Å². The number of hydrogen-bond donors (Lipinski definition) is 0. The highest BCUT2D eigenvalue weighted by atomic mass is 79.9. The lowest BCUT2D eigenvalue weighted by molar-refractivity contribution is 0.128. The monoisotopic (exact) mass is 246 g/mol. The van der Waals surface area contributed by atoms with E-state index in [4.69, 9.17) is 4.74 Å². The van der Waals surface area contributed by atoms with Crippen molar-refractivity contribution in [3.8, 4) is 0 Å². The Hall–Kier alpha value is 0.180. The van der Waals surface area contributed by atoms with Gasteiger partial charge in [0.15, 0.2) is 0 Å². The molecule has 0 aromatic rings. The molecule has 0 aromatic carbocycles. The Labute approximate surface area is 89.7 Å². The molecule has 0 saturated carbocycles. The fourth-order valence-electron chi connectivity index (χ4n) is 1.74. The summed E-state index contributed by atoms with van der Waals surface area (Å²) >= 11 is 3.60. The number of halogens is 1. The average Bonchev–Trinajstić information content (AvgIpc) is 2.16. The summed E-state index contributed by atoms with van der Waals surface area (Å²) in [6.07, 6.45) is 11.7. The second-order valence-corrected chi connectivity index (χ2v) is 4.57. The van der Waals surface area contributed by atoms with Crippen molar-refractivity contribution in [3.05, 3.63) is 10.6 Å². The molecule has 1 unspecified atom stereocenters. The van der Waals surface area contributed by atoms with Gasteiger partial charge >= 0.3 is 0 Å². The minimum atomic E-state index is 0.304. The molecule has 0 radical (unpaired) electrons. The van der Waals surface area contributed by atoms with Gasteiger partial charge in [0.2, 0.25) is 0 Å². The van der Waals surface area contributed by atoms with E-state index in [1.807, 2.05) is 0 Å². The third kappa shape index (κ3) is 4.28. The maximum Gasteiger partial charge on any atom is 0.0882 e. The zero-order valence-electron chi connectivity index (χ0n) is 8.39. The first-order valence-electron chi connectivity index (χ1n) is 5.23. The molecule has 1 nitrogen and oxygen atoms in total.